The zero-order chi connectivity index (χ0) is 33.5. The highest BCUT2D eigenvalue weighted by molar-refractivity contribution is 5.92. The van der Waals surface area contributed by atoms with Crippen LogP contribution in [0.3, 0.4) is 0 Å². The molecule has 2 atom stereocenters. The molecule has 4 aromatic rings. The summed E-state index contributed by atoms with van der Waals surface area (Å²) in [6, 6.07) is 20.8. The molecular formula is C35H41Cl2F2N7O4. The topological polar surface area (TPSA) is 106 Å². The van der Waals surface area contributed by atoms with Crippen LogP contribution in [0.4, 0.5) is 8.78 Å². The van der Waals surface area contributed by atoms with Gasteiger partial charge in [0.1, 0.15) is 5.69 Å². The van der Waals surface area contributed by atoms with Crippen LogP contribution in [0.1, 0.15) is 40.0 Å². The molecule has 0 N–H and O–H groups in total. The Morgan fingerprint density at radius 1 is 0.900 bits per heavy atom. The molecule has 1 amide bonds. The third-order valence-corrected chi connectivity index (χ3v) is 8.75. The number of nitrogens with zero attached hydrogens (tertiary/aromatic N) is 7. The van der Waals surface area contributed by atoms with Crippen LogP contribution >= 0.6 is 24.8 Å². The number of alkyl halides is 2. The van der Waals surface area contributed by atoms with Crippen LogP contribution < -0.4 is 14.2 Å². The van der Waals surface area contributed by atoms with Crippen molar-refractivity contribution >= 4 is 30.7 Å². The highest BCUT2D eigenvalue weighted by Gasteiger charge is 2.43. The van der Waals surface area contributed by atoms with Crippen molar-refractivity contribution < 1.29 is 27.8 Å². The van der Waals surface area contributed by atoms with Gasteiger partial charge in [0.05, 0.1) is 25.5 Å². The summed E-state index contributed by atoms with van der Waals surface area (Å²) in [5, 5.41) is 0. The molecule has 0 saturated carbocycles. The number of amides is 1. The van der Waals surface area contributed by atoms with Gasteiger partial charge < -0.3 is 19.1 Å². The minimum atomic E-state index is -2.69. The Balaban J connectivity index is 0.00000281. The smallest absolute Gasteiger partial charge is 0.323 e. The number of rotatable bonds is 12. The molecule has 0 bridgehead atoms. The molecule has 2 aliphatic rings. The molecule has 0 unspecified atom stereocenters. The molecule has 2 aromatic heterocycles. The highest BCUT2D eigenvalue weighted by Crippen LogP contribution is 2.37. The van der Waals surface area contributed by atoms with Gasteiger partial charge in [-0.25, -0.2) is 13.8 Å². The second-order valence-corrected chi connectivity index (χ2v) is 11.7. The monoisotopic (exact) mass is 731 g/mol. The summed E-state index contributed by atoms with van der Waals surface area (Å²) in [6.07, 6.45) is 1.86. The molecule has 0 spiro atoms. The first kappa shape index (κ1) is 38.6. The van der Waals surface area contributed by atoms with Crippen molar-refractivity contribution in [3.05, 3.63) is 102 Å². The molecule has 15 heteroatoms. The van der Waals surface area contributed by atoms with Crippen LogP contribution in [0, 0.1) is 0 Å². The summed E-state index contributed by atoms with van der Waals surface area (Å²) in [7, 11) is 1.47. The highest BCUT2D eigenvalue weighted by atomic mass is 35.5. The van der Waals surface area contributed by atoms with Gasteiger partial charge in [0.2, 0.25) is 11.8 Å². The van der Waals surface area contributed by atoms with E-state index in [0.717, 1.165) is 0 Å². The van der Waals surface area contributed by atoms with E-state index >= 15 is 0 Å². The summed E-state index contributed by atoms with van der Waals surface area (Å²) in [4.78, 5) is 37.2. The second-order valence-electron chi connectivity index (χ2n) is 11.7. The lowest BCUT2D eigenvalue weighted by Gasteiger charge is -2.53. The van der Waals surface area contributed by atoms with E-state index in [-0.39, 0.29) is 79.6 Å². The second kappa shape index (κ2) is 18.2. The van der Waals surface area contributed by atoms with Crippen LogP contribution in [0.5, 0.6) is 17.8 Å². The average molecular weight is 733 g/mol. The Hall–Kier alpha value is -4.17. The van der Waals surface area contributed by atoms with Crippen molar-refractivity contribution in [1.82, 2.24) is 34.6 Å². The number of benzene rings is 2. The van der Waals surface area contributed by atoms with Gasteiger partial charge in [-0.3, -0.25) is 19.6 Å². The fourth-order valence-electron chi connectivity index (χ4n) is 6.76. The van der Waals surface area contributed by atoms with Crippen LogP contribution in [-0.4, -0.2) is 112 Å². The standard InChI is InChI=1S/C35H39F2N7O4.2ClH/c1-3-47-35-40-32(46-2)27(33(41-35)48-23-30(36)37)21-42-19-26-20-43(34(45)28-18-38-14-15-39-28)16-17-44(26)29(22-42)31(24-10-6-4-7-11-24)25-12-8-5-9-13-25;;/h4-15,18,26,29-31H,3,16-17,19-23H2,1-2H3;2*1H/t26-,29+;;/m1../s1. The number of ether oxygens (including phenoxy) is 3. The molecular weight excluding hydrogens is 691 g/mol. The van der Waals surface area contributed by atoms with E-state index in [2.05, 4.69) is 78.3 Å². The third kappa shape index (κ3) is 8.94. The number of hydrogen-bond acceptors (Lipinski definition) is 10. The minimum Gasteiger partial charge on any atom is -0.481 e. The largest absolute Gasteiger partial charge is 0.481 e. The van der Waals surface area contributed by atoms with E-state index in [0.29, 0.717) is 44.0 Å². The number of piperazine rings is 2. The zero-order valence-corrected chi connectivity index (χ0v) is 29.4. The molecule has 0 aliphatic carbocycles. The number of aromatic nitrogens is 4. The maximum Gasteiger partial charge on any atom is 0.323 e. The van der Waals surface area contributed by atoms with E-state index in [1.54, 1.807) is 13.1 Å². The van der Waals surface area contributed by atoms with Crippen LogP contribution in [0.2, 0.25) is 0 Å². The Kier molecular flexibility index (Phi) is 14.0. The van der Waals surface area contributed by atoms with Crippen molar-refractivity contribution in [2.45, 2.75) is 37.9 Å². The van der Waals surface area contributed by atoms with Crippen LogP contribution in [0.15, 0.2) is 79.3 Å². The lowest BCUT2D eigenvalue weighted by molar-refractivity contribution is -0.0294. The number of halogens is 4. The van der Waals surface area contributed by atoms with Crippen molar-refractivity contribution in [1.29, 1.82) is 0 Å². The fraction of sp³-hybridized carbons (Fsp3) is 0.400. The molecule has 50 heavy (non-hydrogen) atoms. The van der Waals surface area contributed by atoms with Crippen molar-refractivity contribution in [3.63, 3.8) is 0 Å². The normalized spacial score (nSPS) is 17.8. The summed E-state index contributed by atoms with van der Waals surface area (Å²) in [5.41, 5.74) is 3.11. The Labute approximate surface area is 302 Å². The van der Waals surface area contributed by atoms with Crippen LogP contribution in [-0.2, 0) is 6.54 Å². The van der Waals surface area contributed by atoms with E-state index in [1.807, 2.05) is 17.0 Å². The summed E-state index contributed by atoms with van der Waals surface area (Å²) < 4.78 is 43.3. The molecule has 11 nitrogen and oxygen atoms in total. The third-order valence-electron chi connectivity index (χ3n) is 8.75. The number of methoxy groups -OCH3 is 1. The van der Waals surface area contributed by atoms with Gasteiger partial charge in [-0.15, -0.1) is 24.8 Å². The lowest BCUT2D eigenvalue weighted by atomic mass is 9.81. The van der Waals surface area contributed by atoms with Crippen molar-refractivity contribution in [3.8, 4) is 17.8 Å². The Bertz CT molecular complexity index is 1610. The minimum absolute atomic E-state index is 0. The van der Waals surface area contributed by atoms with Gasteiger partial charge in [0.15, 0.2) is 6.61 Å². The van der Waals surface area contributed by atoms with E-state index < -0.39 is 13.0 Å². The quantitative estimate of drug-likeness (QED) is 0.198. The van der Waals surface area contributed by atoms with Gasteiger partial charge in [-0.2, -0.15) is 9.97 Å². The number of carbonyl (C=O) groups excluding carboxylic acids is 1. The zero-order valence-electron chi connectivity index (χ0n) is 27.8. The fourth-order valence-corrected chi connectivity index (χ4v) is 6.76. The van der Waals surface area contributed by atoms with Crippen molar-refractivity contribution in [2.24, 2.45) is 0 Å². The molecule has 2 saturated heterocycles. The molecule has 4 heterocycles. The molecule has 6 rings (SSSR count). The van der Waals surface area contributed by atoms with Gasteiger partial charge in [-0.05, 0) is 18.1 Å². The molecule has 2 aliphatic heterocycles. The Morgan fingerprint density at radius 3 is 2.18 bits per heavy atom. The SMILES string of the molecule is CCOc1nc(OC)c(CN2C[C@@H]3CN(C(=O)c4cnccn4)CCN3[C@H](C(c3ccccc3)c3ccccc3)C2)c(OCC(F)F)n1.Cl.Cl. The first-order valence-corrected chi connectivity index (χ1v) is 16.1. The van der Waals surface area contributed by atoms with E-state index in [1.165, 1.54) is 30.6 Å². The van der Waals surface area contributed by atoms with Gasteiger partial charge in [0.25, 0.3) is 12.3 Å². The Morgan fingerprint density at radius 2 is 1.58 bits per heavy atom. The first-order valence-electron chi connectivity index (χ1n) is 16.1. The maximum atomic E-state index is 13.5. The van der Waals surface area contributed by atoms with E-state index in [4.69, 9.17) is 14.2 Å². The predicted molar refractivity (Wildman–Crippen MR) is 188 cm³/mol. The summed E-state index contributed by atoms with van der Waals surface area (Å²) >= 11 is 0. The molecule has 268 valence electrons. The number of fused-ring (bicyclic) bond motifs is 1. The summed E-state index contributed by atoms with van der Waals surface area (Å²) in [6.45, 7) is 4.41. The number of carbonyl (C=O) groups is 1. The molecule has 2 aromatic carbocycles. The summed E-state index contributed by atoms with van der Waals surface area (Å²) in [5.74, 6) is 0.0362. The van der Waals surface area contributed by atoms with Gasteiger partial charge in [0, 0.05) is 69.7 Å². The molecule has 2 fully saturated rings. The average Bonchev–Trinajstić information content (AvgIpc) is 3.12. The van der Waals surface area contributed by atoms with Crippen molar-refractivity contribution in [2.75, 3.05) is 53.0 Å². The van der Waals surface area contributed by atoms with Gasteiger partial charge in [-0.1, -0.05) is 60.7 Å². The number of hydrogen-bond donors (Lipinski definition) is 0. The predicted octanol–water partition coefficient (Wildman–Crippen LogP) is 5.00. The first-order chi connectivity index (χ1) is 23.4. The maximum absolute atomic E-state index is 13.5. The molecule has 0 radical (unpaired) electrons. The van der Waals surface area contributed by atoms with E-state index in [9.17, 15) is 13.6 Å². The lowest BCUT2D eigenvalue weighted by Crippen LogP contribution is -2.67. The van der Waals surface area contributed by atoms with Crippen LogP contribution in [0.25, 0.3) is 0 Å². The van der Waals surface area contributed by atoms with Gasteiger partial charge >= 0.3 is 6.01 Å².